The number of nitrogens with zero attached hydrogens (tertiary/aromatic N) is 1. The van der Waals surface area contributed by atoms with Gasteiger partial charge in [-0.05, 0) is 44.6 Å². The van der Waals surface area contributed by atoms with Crippen LogP contribution in [0.1, 0.15) is 76.2 Å². The molecule has 0 amide bonds. The van der Waals surface area contributed by atoms with Crippen LogP contribution in [-0.2, 0) is 6.54 Å². The summed E-state index contributed by atoms with van der Waals surface area (Å²) in [5, 5.41) is 3.32. The highest BCUT2D eigenvalue weighted by Crippen LogP contribution is 2.35. The lowest BCUT2D eigenvalue weighted by Crippen LogP contribution is -2.22. The number of nitrogens with one attached hydrogen (secondary N) is 2. The molecule has 0 spiro atoms. The Morgan fingerprint density at radius 3 is 2.67 bits per heavy atom. The lowest BCUT2D eigenvalue weighted by molar-refractivity contribution is 0.301. The second-order valence-corrected chi connectivity index (χ2v) is 6.31. The van der Waals surface area contributed by atoms with Crippen LogP contribution in [0.5, 0.6) is 0 Å². The molecule has 0 aromatic carbocycles. The molecule has 21 heavy (non-hydrogen) atoms. The molecule has 1 aromatic heterocycles. The zero-order chi connectivity index (χ0) is 15.1. The normalized spacial score (nSPS) is 22.4. The third kappa shape index (κ3) is 4.95. The van der Waals surface area contributed by atoms with Crippen LogP contribution in [-0.4, -0.2) is 16.5 Å². The van der Waals surface area contributed by atoms with E-state index in [4.69, 9.17) is 0 Å². The molecule has 0 atom stereocenters. The Hall–Kier alpha value is -1.16. The summed E-state index contributed by atoms with van der Waals surface area (Å²) in [4.78, 5) is 19.5. The predicted molar refractivity (Wildman–Crippen MR) is 86.5 cm³/mol. The minimum Gasteiger partial charge on any atom is -0.311 e. The van der Waals surface area contributed by atoms with E-state index in [1.165, 1.54) is 38.5 Å². The van der Waals surface area contributed by atoms with Gasteiger partial charge in [0, 0.05) is 18.5 Å². The average Bonchev–Trinajstić information content (AvgIpc) is 2.48. The molecule has 1 aliphatic carbocycles. The van der Waals surface area contributed by atoms with Crippen LogP contribution in [0, 0.1) is 5.92 Å². The summed E-state index contributed by atoms with van der Waals surface area (Å²) in [6.07, 6.45) is 8.61. The summed E-state index contributed by atoms with van der Waals surface area (Å²) in [7, 11) is 0. The van der Waals surface area contributed by atoms with Crippen LogP contribution in [0.3, 0.4) is 0 Å². The molecule has 118 valence electrons. The van der Waals surface area contributed by atoms with Gasteiger partial charge in [0.05, 0.1) is 5.69 Å². The van der Waals surface area contributed by atoms with E-state index in [0.29, 0.717) is 12.5 Å². The van der Waals surface area contributed by atoms with E-state index in [9.17, 15) is 4.79 Å². The van der Waals surface area contributed by atoms with Gasteiger partial charge in [0.25, 0.3) is 5.56 Å². The maximum Gasteiger partial charge on any atom is 0.251 e. The summed E-state index contributed by atoms with van der Waals surface area (Å²) >= 11 is 0. The van der Waals surface area contributed by atoms with Crippen molar-refractivity contribution in [2.45, 2.75) is 71.3 Å². The molecule has 1 aliphatic rings. The average molecular weight is 291 g/mol. The van der Waals surface area contributed by atoms with Gasteiger partial charge in [0.15, 0.2) is 0 Å². The highest BCUT2D eigenvalue weighted by molar-refractivity contribution is 5.07. The fourth-order valence-electron chi connectivity index (χ4n) is 3.34. The van der Waals surface area contributed by atoms with E-state index in [-0.39, 0.29) is 5.56 Å². The smallest absolute Gasteiger partial charge is 0.251 e. The van der Waals surface area contributed by atoms with Crippen LogP contribution >= 0.6 is 0 Å². The second kappa shape index (κ2) is 8.32. The molecule has 4 heteroatoms. The Balaban J connectivity index is 1.98. The standard InChI is InChI=1S/C17H29N3O/c1-3-5-13-6-8-14(9-7-13)17-19-15(11-16(21)20-17)12-18-10-4-2/h11,13-14,18H,3-10,12H2,1-2H3,(H,19,20,21). The van der Waals surface area contributed by atoms with Crippen molar-refractivity contribution in [3.8, 4) is 0 Å². The summed E-state index contributed by atoms with van der Waals surface area (Å²) in [5.41, 5.74) is 0.863. The maximum atomic E-state index is 11.8. The third-order valence-corrected chi connectivity index (χ3v) is 4.48. The van der Waals surface area contributed by atoms with Crippen molar-refractivity contribution in [2.24, 2.45) is 5.92 Å². The zero-order valence-corrected chi connectivity index (χ0v) is 13.5. The Labute approximate surface area is 127 Å². The maximum absolute atomic E-state index is 11.8. The molecule has 4 nitrogen and oxygen atoms in total. The summed E-state index contributed by atoms with van der Waals surface area (Å²) < 4.78 is 0. The first-order valence-corrected chi connectivity index (χ1v) is 8.53. The molecular weight excluding hydrogens is 262 g/mol. The molecule has 2 N–H and O–H groups in total. The largest absolute Gasteiger partial charge is 0.311 e. The zero-order valence-electron chi connectivity index (χ0n) is 13.5. The van der Waals surface area contributed by atoms with E-state index in [1.54, 1.807) is 6.07 Å². The van der Waals surface area contributed by atoms with Gasteiger partial charge in [0.1, 0.15) is 5.82 Å². The lowest BCUT2D eigenvalue weighted by Gasteiger charge is -2.27. The summed E-state index contributed by atoms with van der Waals surface area (Å²) in [5.74, 6) is 2.23. The molecule has 1 aromatic rings. The lowest BCUT2D eigenvalue weighted by atomic mass is 9.80. The minimum absolute atomic E-state index is 0.0102. The monoisotopic (exact) mass is 291 g/mol. The predicted octanol–water partition coefficient (Wildman–Crippen LogP) is 3.34. The number of aromatic amines is 1. The van der Waals surface area contributed by atoms with Gasteiger partial charge in [-0.3, -0.25) is 4.79 Å². The molecule has 0 saturated heterocycles. The first-order chi connectivity index (χ1) is 10.2. The number of aromatic nitrogens is 2. The Morgan fingerprint density at radius 2 is 2.00 bits per heavy atom. The Morgan fingerprint density at radius 1 is 1.24 bits per heavy atom. The van der Waals surface area contributed by atoms with Crippen molar-refractivity contribution in [3.63, 3.8) is 0 Å². The van der Waals surface area contributed by atoms with Crippen LogP contribution in [0.15, 0.2) is 10.9 Å². The van der Waals surface area contributed by atoms with Crippen molar-refractivity contribution in [2.75, 3.05) is 6.54 Å². The van der Waals surface area contributed by atoms with Gasteiger partial charge in [0.2, 0.25) is 0 Å². The fraction of sp³-hybridized carbons (Fsp3) is 0.765. The molecule has 1 heterocycles. The van der Waals surface area contributed by atoms with Crippen molar-refractivity contribution in [1.29, 1.82) is 0 Å². The van der Waals surface area contributed by atoms with Gasteiger partial charge in [-0.2, -0.15) is 0 Å². The van der Waals surface area contributed by atoms with E-state index >= 15 is 0 Å². The SMILES string of the molecule is CCCNCc1cc(=O)[nH]c(C2CCC(CCC)CC2)n1. The van der Waals surface area contributed by atoms with Gasteiger partial charge in [-0.15, -0.1) is 0 Å². The second-order valence-electron chi connectivity index (χ2n) is 6.31. The fourth-order valence-corrected chi connectivity index (χ4v) is 3.34. The minimum atomic E-state index is -0.0102. The van der Waals surface area contributed by atoms with Crippen LogP contribution in [0.25, 0.3) is 0 Å². The molecular formula is C17H29N3O. The summed E-state index contributed by atoms with van der Waals surface area (Å²) in [6, 6.07) is 1.62. The van der Waals surface area contributed by atoms with Crippen molar-refractivity contribution < 1.29 is 0 Å². The Bertz CT molecular complexity index is 475. The Kier molecular flexibility index (Phi) is 6.43. The third-order valence-electron chi connectivity index (χ3n) is 4.48. The highest BCUT2D eigenvalue weighted by atomic mass is 16.1. The topological polar surface area (TPSA) is 57.8 Å². The molecule has 0 aliphatic heterocycles. The van der Waals surface area contributed by atoms with Crippen molar-refractivity contribution in [3.05, 3.63) is 27.9 Å². The van der Waals surface area contributed by atoms with E-state index < -0.39 is 0 Å². The molecule has 0 unspecified atom stereocenters. The summed E-state index contributed by atoms with van der Waals surface area (Å²) in [6.45, 7) is 6.05. The van der Waals surface area contributed by atoms with Crippen LogP contribution < -0.4 is 10.9 Å². The molecule has 1 fully saturated rings. The number of hydrogen-bond acceptors (Lipinski definition) is 3. The number of H-pyrrole nitrogens is 1. The number of rotatable bonds is 7. The first-order valence-electron chi connectivity index (χ1n) is 8.53. The van der Waals surface area contributed by atoms with E-state index in [0.717, 1.165) is 30.4 Å². The molecule has 0 bridgehead atoms. The van der Waals surface area contributed by atoms with Gasteiger partial charge in [-0.1, -0.05) is 26.7 Å². The van der Waals surface area contributed by atoms with E-state index in [2.05, 4.69) is 29.1 Å². The van der Waals surface area contributed by atoms with Crippen LogP contribution in [0.2, 0.25) is 0 Å². The van der Waals surface area contributed by atoms with Gasteiger partial charge in [-0.25, -0.2) is 4.98 Å². The van der Waals surface area contributed by atoms with Crippen LogP contribution in [0.4, 0.5) is 0 Å². The van der Waals surface area contributed by atoms with Crippen molar-refractivity contribution in [1.82, 2.24) is 15.3 Å². The van der Waals surface area contributed by atoms with Gasteiger partial charge >= 0.3 is 0 Å². The first kappa shape index (κ1) is 16.2. The molecule has 0 radical (unpaired) electrons. The van der Waals surface area contributed by atoms with Crippen molar-refractivity contribution >= 4 is 0 Å². The van der Waals surface area contributed by atoms with Gasteiger partial charge < -0.3 is 10.3 Å². The van der Waals surface area contributed by atoms with E-state index in [1.807, 2.05) is 0 Å². The quantitative estimate of drug-likeness (QED) is 0.757. The number of hydrogen-bond donors (Lipinski definition) is 2. The highest BCUT2D eigenvalue weighted by Gasteiger charge is 2.23. The molecule has 2 rings (SSSR count). The molecule has 1 saturated carbocycles.